The first-order valence-corrected chi connectivity index (χ1v) is 9.99. The van der Waals surface area contributed by atoms with Crippen molar-refractivity contribution in [2.75, 3.05) is 6.54 Å². The van der Waals surface area contributed by atoms with E-state index in [2.05, 4.69) is 36.2 Å². The Balaban J connectivity index is 1.80. The molecule has 146 valence electrons. The predicted molar refractivity (Wildman–Crippen MR) is 114 cm³/mol. The van der Waals surface area contributed by atoms with Gasteiger partial charge >= 0.3 is 6.03 Å². The van der Waals surface area contributed by atoms with Gasteiger partial charge in [-0.15, -0.1) is 0 Å². The Morgan fingerprint density at radius 3 is 2.21 bits per heavy atom. The van der Waals surface area contributed by atoms with Gasteiger partial charge in [0.15, 0.2) is 5.70 Å². The van der Waals surface area contributed by atoms with Crippen LogP contribution >= 0.6 is 0 Å². The number of amides is 1. The van der Waals surface area contributed by atoms with Crippen LogP contribution in [0.2, 0.25) is 0 Å². The van der Waals surface area contributed by atoms with Crippen LogP contribution in [0.25, 0.3) is 0 Å². The van der Waals surface area contributed by atoms with Crippen molar-refractivity contribution in [1.29, 1.82) is 0 Å². The number of carbonyl (C=O) groups is 1. The van der Waals surface area contributed by atoms with Gasteiger partial charge < -0.3 is 0 Å². The summed E-state index contributed by atoms with van der Waals surface area (Å²) in [5.74, 6) is 0. The van der Waals surface area contributed by atoms with Gasteiger partial charge in [0, 0.05) is 18.8 Å². The number of quaternary nitrogens is 1. The summed E-state index contributed by atoms with van der Waals surface area (Å²) in [5.41, 5.74) is 4.38. The summed E-state index contributed by atoms with van der Waals surface area (Å²) in [6.45, 7) is 2.77. The van der Waals surface area contributed by atoms with Gasteiger partial charge in [0.2, 0.25) is 6.34 Å². The van der Waals surface area contributed by atoms with Gasteiger partial charge in [-0.3, -0.25) is 0 Å². The molecule has 0 spiro atoms. The van der Waals surface area contributed by atoms with Crippen molar-refractivity contribution < 1.29 is 9.28 Å². The molecule has 0 saturated carbocycles. The number of hydrogen-bond acceptors (Lipinski definition) is 3. The largest absolute Gasteiger partial charge is 0.439 e. The van der Waals surface area contributed by atoms with Crippen molar-refractivity contribution in [3.8, 4) is 0 Å². The van der Waals surface area contributed by atoms with E-state index in [-0.39, 0.29) is 10.5 Å². The molecule has 2 heterocycles. The van der Waals surface area contributed by atoms with Crippen LogP contribution in [-0.2, 0) is 12.8 Å². The van der Waals surface area contributed by atoms with Gasteiger partial charge in [-0.1, -0.05) is 67.6 Å². The Kier molecular flexibility index (Phi) is 5.49. The number of imidazole rings is 1. The maximum atomic E-state index is 13.6. The maximum Gasteiger partial charge on any atom is 0.439 e. The van der Waals surface area contributed by atoms with Crippen molar-refractivity contribution in [2.24, 2.45) is 4.99 Å². The first-order valence-electron chi connectivity index (χ1n) is 9.99. The highest BCUT2D eigenvalue weighted by Crippen LogP contribution is 2.33. The second-order valence-corrected chi connectivity index (χ2v) is 7.31. The quantitative estimate of drug-likeness (QED) is 0.571. The fourth-order valence-electron chi connectivity index (χ4n) is 3.90. The molecule has 1 unspecified atom stereocenters. The second-order valence-electron chi connectivity index (χ2n) is 7.31. The monoisotopic (exact) mass is 385 g/mol. The number of rotatable bonds is 6. The minimum absolute atomic E-state index is 0.0397. The van der Waals surface area contributed by atoms with Crippen LogP contribution in [-0.4, -0.2) is 32.9 Å². The lowest BCUT2D eigenvalue weighted by molar-refractivity contribution is -0.708. The van der Waals surface area contributed by atoms with Crippen LogP contribution in [0.3, 0.4) is 0 Å². The van der Waals surface area contributed by atoms with Crippen LogP contribution in [0.4, 0.5) is 4.79 Å². The lowest BCUT2D eigenvalue weighted by Gasteiger charge is -2.29. The molecular weight excluding hydrogens is 360 g/mol. The van der Waals surface area contributed by atoms with Gasteiger partial charge in [-0.2, -0.15) is 4.48 Å². The smallest absolute Gasteiger partial charge is 0.245 e. The average molecular weight is 385 g/mol. The molecule has 5 heteroatoms. The molecule has 1 aromatic heterocycles. The first kappa shape index (κ1) is 19.0. The Bertz CT molecular complexity index is 1020. The summed E-state index contributed by atoms with van der Waals surface area (Å²) in [6.07, 6.45) is 9.00. The number of allylic oxidation sites excluding steroid dienone is 2. The van der Waals surface area contributed by atoms with Crippen molar-refractivity contribution in [3.63, 3.8) is 0 Å². The van der Waals surface area contributed by atoms with Gasteiger partial charge in [-0.25, -0.2) is 19.3 Å². The van der Waals surface area contributed by atoms with Crippen LogP contribution in [0.5, 0.6) is 0 Å². The Morgan fingerprint density at radius 1 is 0.966 bits per heavy atom. The Hall–Kier alpha value is -3.31. The van der Waals surface area contributed by atoms with E-state index in [1.807, 2.05) is 42.7 Å². The summed E-state index contributed by atoms with van der Waals surface area (Å²) in [7, 11) is 0. The lowest BCUT2D eigenvalue weighted by atomic mass is 10.0. The average Bonchev–Trinajstić information content (AvgIpc) is 3.40. The van der Waals surface area contributed by atoms with Crippen LogP contribution in [0.1, 0.15) is 24.5 Å². The minimum Gasteiger partial charge on any atom is -0.245 e. The number of benzene rings is 2. The minimum atomic E-state index is -0.0397. The highest BCUT2D eigenvalue weighted by molar-refractivity contribution is 5.81. The molecule has 1 amide bonds. The van der Waals surface area contributed by atoms with E-state index in [0.29, 0.717) is 19.4 Å². The molecule has 0 bridgehead atoms. The highest BCUT2D eigenvalue weighted by atomic mass is 16.2. The molecule has 1 aliphatic heterocycles. The van der Waals surface area contributed by atoms with E-state index >= 15 is 0 Å². The Morgan fingerprint density at radius 2 is 1.62 bits per heavy atom. The third kappa shape index (κ3) is 3.82. The molecule has 0 fully saturated rings. The van der Waals surface area contributed by atoms with E-state index in [1.54, 1.807) is 23.3 Å². The zero-order chi connectivity index (χ0) is 20.1. The number of aliphatic imine (C=N–C) groups is 1. The number of aromatic nitrogens is 2. The molecule has 29 heavy (non-hydrogen) atoms. The van der Waals surface area contributed by atoms with Crippen molar-refractivity contribution >= 4 is 12.4 Å². The predicted octanol–water partition coefficient (Wildman–Crippen LogP) is 4.82. The first-order chi connectivity index (χ1) is 14.2. The molecular formula is C24H25N4O+. The van der Waals surface area contributed by atoms with Gasteiger partial charge in [0.25, 0.3) is 0 Å². The Labute approximate surface area is 171 Å². The normalized spacial score (nSPS) is 18.4. The summed E-state index contributed by atoms with van der Waals surface area (Å²) >= 11 is 0. The summed E-state index contributed by atoms with van der Waals surface area (Å²) in [4.78, 5) is 22.4. The summed E-state index contributed by atoms with van der Waals surface area (Å²) in [6, 6.07) is 20.6. The molecule has 0 radical (unpaired) electrons. The third-order valence-electron chi connectivity index (χ3n) is 5.30. The van der Waals surface area contributed by atoms with E-state index in [4.69, 9.17) is 4.99 Å². The number of carbonyl (C=O) groups excluding carboxylic acids is 1. The van der Waals surface area contributed by atoms with E-state index in [9.17, 15) is 4.79 Å². The fraction of sp³-hybridized carbons (Fsp3) is 0.208. The molecule has 1 aliphatic rings. The van der Waals surface area contributed by atoms with Gasteiger partial charge in [0.05, 0.1) is 13.0 Å². The SMILES string of the molecule is CCC[N+]1(C(=O)n2ccnc2)C=NC(Cc2ccccc2)=C1Cc1ccccc1. The van der Waals surface area contributed by atoms with Crippen molar-refractivity contribution in [1.82, 2.24) is 9.55 Å². The molecule has 3 aromatic rings. The van der Waals surface area contributed by atoms with E-state index in [1.165, 1.54) is 11.1 Å². The molecule has 0 N–H and O–H groups in total. The summed E-state index contributed by atoms with van der Waals surface area (Å²) < 4.78 is 1.68. The maximum absolute atomic E-state index is 13.6. The zero-order valence-corrected chi connectivity index (χ0v) is 16.6. The van der Waals surface area contributed by atoms with Gasteiger partial charge in [-0.05, 0) is 17.5 Å². The molecule has 1 atom stereocenters. The number of nitrogens with zero attached hydrogens (tertiary/aromatic N) is 4. The molecule has 0 aliphatic carbocycles. The third-order valence-corrected chi connectivity index (χ3v) is 5.30. The topological polar surface area (TPSA) is 47.2 Å². The highest BCUT2D eigenvalue weighted by Gasteiger charge is 2.45. The molecule has 2 aromatic carbocycles. The molecule has 4 rings (SSSR count). The van der Waals surface area contributed by atoms with Crippen molar-refractivity contribution in [3.05, 3.63) is 102 Å². The van der Waals surface area contributed by atoms with Gasteiger partial charge in [0.1, 0.15) is 12.0 Å². The second kappa shape index (κ2) is 8.37. The van der Waals surface area contributed by atoms with Crippen LogP contribution < -0.4 is 0 Å². The van der Waals surface area contributed by atoms with Crippen molar-refractivity contribution in [2.45, 2.75) is 26.2 Å². The summed E-state index contributed by atoms with van der Waals surface area (Å²) in [5, 5.41) is 0. The van der Waals surface area contributed by atoms with Crippen LogP contribution in [0, 0.1) is 0 Å². The van der Waals surface area contributed by atoms with E-state index < -0.39 is 0 Å². The van der Waals surface area contributed by atoms with E-state index in [0.717, 1.165) is 17.8 Å². The van der Waals surface area contributed by atoms with Crippen LogP contribution in [0.15, 0.2) is 95.8 Å². The standard InChI is InChI=1S/C24H25N4O/c1-2-15-28(24(29)27-14-13-25-18-27)19-26-22(16-20-9-5-3-6-10-20)23(28)17-21-11-7-4-8-12-21/h3-14,18-19H,2,15-17H2,1H3/q+1. The zero-order valence-electron chi connectivity index (χ0n) is 16.6. The fourth-order valence-corrected chi connectivity index (χ4v) is 3.90. The molecule has 5 nitrogen and oxygen atoms in total. The molecule has 0 saturated heterocycles. The lowest BCUT2D eigenvalue weighted by Crippen LogP contribution is -2.52. The number of hydrogen-bond donors (Lipinski definition) is 0.